The lowest BCUT2D eigenvalue weighted by molar-refractivity contribution is 0.378. The van der Waals surface area contributed by atoms with E-state index in [1.165, 1.54) is 11.8 Å². The summed E-state index contributed by atoms with van der Waals surface area (Å²) in [6, 6.07) is 15.1. The van der Waals surface area contributed by atoms with Gasteiger partial charge >= 0.3 is 0 Å². The Morgan fingerprint density at radius 1 is 1.00 bits per heavy atom. The fourth-order valence-corrected chi connectivity index (χ4v) is 2.26. The normalized spacial score (nSPS) is 9.74. The third kappa shape index (κ3) is 2.83. The van der Waals surface area contributed by atoms with E-state index < -0.39 is 0 Å². The van der Waals surface area contributed by atoms with Crippen molar-refractivity contribution in [2.45, 2.75) is 4.90 Å². The van der Waals surface area contributed by atoms with Crippen molar-refractivity contribution >= 4 is 11.8 Å². The van der Waals surface area contributed by atoms with E-state index in [-0.39, 0.29) is 0 Å². The molecule has 0 saturated carbocycles. The maximum atomic E-state index is 9.26. The zero-order valence-corrected chi connectivity index (χ0v) is 11.5. The van der Waals surface area contributed by atoms with Gasteiger partial charge in [-0.25, -0.2) is 0 Å². The number of methoxy groups -OCH3 is 1. The van der Waals surface area contributed by atoms with Gasteiger partial charge in [-0.1, -0.05) is 18.2 Å². The molecule has 19 heavy (non-hydrogen) atoms. The Bertz CT molecular complexity index is 620. The van der Waals surface area contributed by atoms with Crippen LogP contribution in [-0.2, 0) is 0 Å². The number of hydrogen-bond donors (Lipinski definition) is 0. The zero-order valence-electron chi connectivity index (χ0n) is 10.7. The number of hydrogen-bond acceptors (Lipinski definition) is 4. The van der Waals surface area contributed by atoms with Crippen molar-refractivity contribution in [3.63, 3.8) is 0 Å². The van der Waals surface area contributed by atoms with Crippen molar-refractivity contribution < 1.29 is 9.47 Å². The number of para-hydroxylation sites is 2. The molecule has 0 atom stereocenters. The number of nitrogens with zero attached hydrogens (tertiary/aromatic N) is 1. The summed E-state index contributed by atoms with van der Waals surface area (Å²) in [4.78, 5) is 0.898. The van der Waals surface area contributed by atoms with Crippen molar-refractivity contribution in [3.8, 4) is 23.3 Å². The predicted octanol–water partition coefficient (Wildman–Crippen LogP) is 4.08. The van der Waals surface area contributed by atoms with Crippen LogP contribution in [0.4, 0.5) is 0 Å². The first-order valence-electron chi connectivity index (χ1n) is 5.68. The summed E-state index contributed by atoms with van der Waals surface area (Å²) in [6.07, 6.45) is 1.93. The van der Waals surface area contributed by atoms with Crippen LogP contribution in [0.5, 0.6) is 17.2 Å². The molecule has 0 unspecified atom stereocenters. The number of ether oxygens (including phenoxy) is 2. The highest BCUT2D eigenvalue weighted by Crippen LogP contribution is 2.35. The van der Waals surface area contributed by atoms with Crippen LogP contribution in [0.2, 0.25) is 0 Å². The standard InChI is InChI=1S/C15H13NO2S/c1-17-13-6-3-4-7-14(13)18-12-8-5-9-15(19-2)11(12)10-16/h3-9H,1-2H3. The van der Waals surface area contributed by atoms with Gasteiger partial charge in [0.1, 0.15) is 17.4 Å². The molecular formula is C15H13NO2S. The fourth-order valence-electron chi connectivity index (χ4n) is 1.70. The minimum Gasteiger partial charge on any atom is -0.493 e. The van der Waals surface area contributed by atoms with Gasteiger partial charge in [0.2, 0.25) is 0 Å². The van der Waals surface area contributed by atoms with Crippen LogP contribution < -0.4 is 9.47 Å². The predicted molar refractivity (Wildman–Crippen MR) is 76.0 cm³/mol. The topological polar surface area (TPSA) is 42.2 Å². The van der Waals surface area contributed by atoms with Crippen LogP contribution in [0.1, 0.15) is 5.56 Å². The zero-order chi connectivity index (χ0) is 13.7. The third-order valence-electron chi connectivity index (χ3n) is 2.61. The molecular weight excluding hydrogens is 258 g/mol. The summed E-state index contributed by atoms with van der Waals surface area (Å²) in [5.41, 5.74) is 0.543. The molecule has 2 aromatic rings. The highest BCUT2D eigenvalue weighted by Gasteiger charge is 2.11. The second kappa shape index (κ2) is 6.17. The SMILES string of the molecule is COc1ccccc1Oc1cccc(SC)c1C#N. The Morgan fingerprint density at radius 3 is 2.32 bits per heavy atom. The molecule has 0 amide bonds. The highest BCUT2D eigenvalue weighted by atomic mass is 32.2. The van der Waals surface area contributed by atoms with Crippen LogP contribution in [0.15, 0.2) is 47.4 Å². The highest BCUT2D eigenvalue weighted by molar-refractivity contribution is 7.98. The molecule has 0 heterocycles. The lowest BCUT2D eigenvalue weighted by Crippen LogP contribution is -1.93. The Labute approximate surface area is 116 Å². The summed E-state index contributed by atoms with van der Waals surface area (Å²) >= 11 is 1.52. The van der Waals surface area contributed by atoms with Crippen molar-refractivity contribution in [3.05, 3.63) is 48.0 Å². The molecule has 0 aliphatic heterocycles. The van der Waals surface area contributed by atoms with Gasteiger partial charge in [0.05, 0.1) is 7.11 Å². The van der Waals surface area contributed by atoms with Gasteiger partial charge in [-0.3, -0.25) is 0 Å². The molecule has 0 aliphatic carbocycles. The maximum absolute atomic E-state index is 9.26. The van der Waals surface area contributed by atoms with Gasteiger partial charge in [0, 0.05) is 4.90 Å². The molecule has 4 heteroatoms. The molecule has 0 saturated heterocycles. The first-order valence-corrected chi connectivity index (χ1v) is 6.90. The smallest absolute Gasteiger partial charge is 0.169 e. The van der Waals surface area contributed by atoms with E-state index in [2.05, 4.69) is 6.07 Å². The molecule has 0 aromatic heterocycles. The number of thioether (sulfide) groups is 1. The molecule has 0 spiro atoms. The molecule has 0 aliphatic rings. The Balaban J connectivity index is 2.41. The average Bonchev–Trinajstić information content (AvgIpc) is 2.47. The van der Waals surface area contributed by atoms with Crippen LogP contribution in [-0.4, -0.2) is 13.4 Å². The van der Waals surface area contributed by atoms with Crippen LogP contribution in [0, 0.1) is 11.3 Å². The molecule has 0 bridgehead atoms. The van der Waals surface area contributed by atoms with Gasteiger partial charge in [-0.15, -0.1) is 11.8 Å². The van der Waals surface area contributed by atoms with Crippen LogP contribution >= 0.6 is 11.8 Å². The molecule has 2 aromatic carbocycles. The summed E-state index contributed by atoms with van der Waals surface area (Å²) < 4.78 is 11.0. The Kier molecular flexibility index (Phi) is 4.32. The summed E-state index contributed by atoms with van der Waals surface area (Å²) in [5.74, 6) is 1.78. The van der Waals surface area contributed by atoms with Crippen molar-refractivity contribution in [2.75, 3.05) is 13.4 Å². The van der Waals surface area contributed by atoms with E-state index in [0.717, 1.165) is 4.90 Å². The molecule has 0 N–H and O–H groups in total. The molecule has 2 rings (SSSR count). The van der Waals surface area contributed by atoms with Gasteiger partial charge < -0.3 is 9.47 Å². The molecule has 0 radical (unpaired) electrons. The molecule has 0 fully saturated rings. The van der Waals surface area contributed by atoms with E-state index in [1.54, 1.807) is 13.2 Å². The Morgan fingerprint density at radius 2 is 1.68 bits per heavy atom. The van der Waals surface area contributed by atoms with E-state index >= 15 is 0 Å². The van der Waals surface area contributed by atoms with Crippen molar-refractivity contribution in [1.82, 2.24) is 0 Å². The van der Waals surface area contributed by atoms with Gasteiger partial charge in [0.25, 0.3) is 0 Å². The minimum absolute atomic E-state index is 0.541. The largest absolute Gasteiger partial charge is 0.493 e. The number of nitriles is 1. The lowest BCUT2D eigenvalue weighted by atomic mass is 10.2. The van der Waals surface area contributed by atoms with E-state index in [9.17, 15) is 5.26 Å². The average molecular weight is 271 g/mol. The number of benzene rings is 2. The lowest BCUT2D eigenvalue weighted by Gasteiger charge is -2.12. The van der Waals surface area contributed by atoms with Crippen LogP contribution in [0.25, 0.3) is 0 Å². The molecule has 3 nitrogen and oxygen atoms in total. The van der Waals surface area contributed by atoms with Crippen molar-refractivity contribution in [1.29, 1.82) is 5.26 Å². The first kappa shape index (κ1) is 13.3. The number of rotatable bonds is 4. The minimum atomic E-state index is 0.541. The first-order chi connectivity index (χ1) is 9.30. The summed E-state index contributed by atoms with van der Waals surface area (Å²) in [6.45, 7) is 0. The fraction of sp³-hybridized carbons (Fsp3) is 0.133. The van der Waals surface area contributed by atoms with Crippen molar-refractivity contribution in [2.24, 2.45) is 0 Å². The third-order valence-corrected chi connectivity index (χ3v) is 3.39. The second-order valence-corrected chi connectivity index (χ2v) is 4.55. The second-order valence-electron chi connectivity index (χ2n) is 3.70. The summed E-state index contributed by atoms with van der Waals surface area (Å²) in [7, 11) is 1.59. The van der Waals surface area contributed by atoms with E-state index in [4.69, 9.17) is 9.47 Å². The van der Waals surface area contributed by atoms with Gasteiger partial charge in [-0.05, 0) is 30.5 Å². The van der Waals surface area contributed by atoms with Gasteiger partial charge in [0.15, 0.2) is 11.5 Å². The monoisotopic (exact) mass is 271 g/mol. The Hall–Kier alpha value is -2.12. The molecule has 96 valence electrons. The maximum Gasteiger partial charge on any atom is 0.169 e. The van der Waals surface area contributed by atoms with Gasteiger partial charge in [-0.2, -0.15) is 5.26 Å². The van der Waals surface area contributed by atoms with E-state index in [1.807, 2.05) is 42.7 Å². The van der Waals surface area contributed by atoms with Crippen LogP contribution in [0.3, 0.4) is 0 Å². The summed E-state index contributed by atoms with van der Waals surface area (Å²) in [5, 5.41) is 9.26. The van der Waals surface area contributed by atoms with E-state index in [0.29, 0.717) is 22.8 Å². The quantitative estimate of drug-likeness (QED) is 0.786.